The zero-order valence-electron chi connectivity index (χ0n) is 18.5. The Morgan fingerprint density at radius 2 is 1.81 bits per heavy atom. The van der Waals surface area contributed by atoms with Gasteiger partial charge < -0.3 is 4.90 Å². The average Bonchev–Trinajstić information content (AvgIpc) is 2.93. The number of likely N-dealkylation sites (N-methyl/N-ethyl adjacent to an activating group) is 1. The number of allylic oxidation sites excluding steroid dienone is 2. The van der Waals surface area contributed by atoms with Gasteiger partial charge in [-0.1, -0.05) is 55.9 Å². The highest BCUT2D eigenvalue weighted by Gasteiger charge is 2.38. The lowest BCUT2D eigenvalue weighted by Gasteiger charge is -2.24. The van der Waals surface area contributed by atoms with E-state index >= 15 is 0 Å². The number of benzene rings is 2. The summed E-state index contributed by atoms with van der Waals surface area (Å²) in [7, 11) is 2.00. The maximum Gasteiger partial charge on any atom is 0.262 e. The van der Waals surface area contributed by atoms with Gasteiger partial charge in [0.2, 0.25) is 0 Å². The first-order valence-electron chi connectivity index (χ1n) is 10.4. The number of hydrogen-bond acceptors (Lipinski definition) is 5. The van der Waals surface area contributed by atoms with Crippen molar-refractivity contribution in [3.8, 4) is 0 Å². The van der Waals surface area contributed by atoms with Gasteiger partial charge in [-0.3, -0.25) is 14.2 Å². The second kappa shape index (κ2) is 8.00. The van der Waals surface area contributed by atoms with E-state index in [4.69, 9.17) is 0 Å². The summed E-state index contributed by atoms with van der Waals surface area (Å²) in [6.07, 6.45) is 1.74. The first-order valence-corrected chi connectivity index (χ1v) is 11.4. The predicted molar refractivity (Wildman–Crippen MR) is 128 cm³/mol. The molecule has 0 amide bonds. The second-order valence-corrected chi connectivity index (χ2v) is 9.61. The Morgan fingerprint density at radius 1 is 1.13 bits per heavy atom. The second-order valence-electron chi connectivity index (χ2n) is 8.67. The topological polar surface area (TPSA) is 55.2 Å². The van der Waals surface area contributed by atoms with Crippen LogP contribution >= 0.6 is 11.8 Å². The number of nitrogens with zero attached hydrogens (tertiary/aromatic N) is 3. The van der Waals surface area contributed by atoms with Crippen LogP contribution in [-0.2, 0) is 10.2 Å². The Kier molecular flexibility index (Phi) is 5.52. The van der Waals surface area contributed by atoms with Crippen molar-refractivity contribution in [1.29, 1.82) is 0 Å². The minimum atomic E-state index is -0.243. The van der Waals surface area contributed by atoms with Gasteiger partial charge in [-0.15, -0.1) is 0 Å². The standard InChI is InChI=1S/C25H27N3O2S/c1-16(2)28-23(30)18-10-6-8-12-20(18)26-24(28)31-15-17(29)14-22-25(3,4)19-11-7-9-13-21(19)27(22)5/h6-14,16H,15H2,1-5H3/b22-14+. The molecule has 2 heterocycles. The number of aromatic nitrogens is 2. The van der Waals surface area contributed by atoms with Crippen LogP contribution < -0.4 is 10.5 Å². The maximum atomic E-state index is 13.0. The summed E-state index contributed by atoms with van der Waals surface area (Å²) in [6, 6.07) is 15.5. The Bertz CT molecular complexity index is 1260. The van der Waals surface area contributed by atoms with Gasteiger partial charge in [0.05, 0.1) is 16.7 Å². The largest absolute Gasteiger partial charge is 0.347 e. The minimum Gasteiger partial charge on any atom is -0.347 e. The molecule has 1 aliphatic heterocycles. The van der Waals surface area contributed by atoms with Crippen LogP contribution in [0.5, 0.6) is 0 Å². The van der Waals surface area contributed by atoms with Gasteiger partial charge in [0.15, 0.2) is 10.9 Å². The van der Waals surface area contributed by atoms with Gasteiger partial charge in [-0.05, 0) is 37.6 Å². The molecule has 0 unspecified atom stereocenters. The molecule has 0 atom stereocenters. The SMILES string of the molecule is CC(C)n1c(SCC(=O)/C=C2/N(C)c3ccccc3C2(C)C)nc2ccccc2c1=O. The third kappa shape index (κ3) is 3.69. The normalized spacial score (nSPS) is 16.3. The van der Waals surface area contributed by atoms with E-state index in [1.807, 2.05) is 51.2 Å². The molecule has 5 nitrogen and oxygen atoms in total. The minimum absolute atomic E-state index is 0.00504. The average molecular weight is 434 g/mol. The molecule has 0 saturated carbocycles. The summed E-state index contributed by atoms with van der Waals surface area (Å²) in [5, 5.41) is 1.17. The highest BCUT2D eigenvalue weighted by atomic mass is 32.2. The van der Waals surface area contributed by atoms with Crippen molar-refractivity contribution in [3.63, 3.8) is 0 Å². The van der Waals surface area contributed by atoms with E-state index in [2.05, 4.69) is 35.9 Å². The van der Waals surface area contributed by atoms with Gasteiger partial charge >= 0.3 is 0 Å². The first kappa shape index (κ1) is 21.4. The molecule has 160 valence electrons. The number of fused-ring (bicyclic) bond motifs is 2. The van der Waals surface area contributed by atoms with Crippen molar-refractivity contribution in [2.75, 3.05) is 17.7 Å². The molecule has 31 heavy (non-hydrogen) atoms. The number of ketones is 1. The van der Waals surface area contributed by atoms with Crippen LogP contribution in [0, 0.1) is 0 Å². The highest BCUT2D eigenvalue weighted by Crippen LogP contribution is 2.46. The molecule has 0 spiro atoms. The summed E-state index contributed by atoms with van der Waals surface area (Å²) in [5.41, 5.74) is 3.67. The van der Waals surface area contributed by atoms with Gasteiger partial charge in [0.1, 0.15) is 0 Å². The molecule has 0 N–H and O–H groups in total. The molecule has 6 heteroatoms. The molecular weight excluding hydrogens is 406 g/mol. The van der Waals surface area contributed by atoms with Crippen molar-refractivity contribution >= 4 is 34.1 Å². The van der Waals surface area contributed by atoms with Crippen LogP contribution in [0.2, 0.25) is 0 Å². The Balaban J connectivity index is 1.62. The Morgan fingerprint density at radius 3 is 2.52 bits per heavy atom. The van der Waals surface area contributed by atoms with E-state index in [1.165, 1.54) is 17.3 Å². The van der Waals surface area contributed by atoms with E-state index in [0.717, 1.165) is 11.4 Å². The van der Waals surface area contributed by atoms with Gasteiger partial charge in [-0.25, -0.2) is 4.98 Å². The first-order chi connectivity index (χ1) is 14.7. The molecule has 0 aliphatic carbocycles. The molecular formula is C25H27N3O2S. The van der Waals surface area contributed by atoms with Crippen molar-refractivity contribution in [1.82, 2.24) is 9.55 Å². The van der Waals surface area contributed by atoms with Crippen molar-refractivity contribution in [3.05, 3.63) is 76.2 Å². The van der Waals surface area contributed by atoms with Crippen LogP contribution in [0.3, 0.4) is 0 Å². The summed E-state index contributed by atoms with van der Waals surface area (Å²) in [4.78, 5) is 32.7. The lowest BCUT2D eigenvalue weighted by atomic mass is 9.83. The number of carbonyl (C=O) groups excluding carboxylic acids is 1. The smallest absolute Gasteiger partial charge is 0.262 e. The van der Waals surface area contributed by atoms with Crippen molar-refractivity contribution in [2.45, 2.75) is 44.3 Å². The van der Waals surface area contributed by atoms with Crippen LogP contribution in [0.1, 0.15) is 39.3 Å². The summed E-state index contributed by atoms with van der Waals surface area (Å²) < 4.78 is 1.68. The molecule has 0 fully saturated rings. The molecule has 2 aromatic carbocycles. The van der Waals surface area contributed by atoms with Gasteiger partial charge in [-0.2, -0.15) is 0 Å². The van der Waals surface area contributed by atoms with Crippen LogP contribution in [0.25, 0.3) is 10.9 Å². The van der Waals surface area contributed by atoms with Crippen LogP contribution in [0.15, 0.2) is 70.3 Å². The number of hydrogen-bond donors (Lipinski definition) is 0. The van der Waals surface area contributed by atoms with Crippen LogP contribution in [-0.4, -0.2) is 28.1 Å². The summed E-state index contributed by atoms with van der Waals surface area (Å²) in [6.45, 7) is 8.20. The Labute approximate surface area is 186 Å². The van der Waals surface area contributed by atoms with E-state index in [1.54, 1.807) is 16.7 Å². The number of thioether (sulfide) groups is 1. The van der Waals surface area contributed by atoms with E-state index in [9.17, 15) is 9.59 Å². The summed E-state index contributed by atoms with van der Waals surface area (Å²) >= 11 is 1.32. The maximum absolute atomic E-state index is 13.0. The molecule has 1 aliphatic rings. The molecule has 0 saturated heterocycles. The van der Waals surface area contributed by atoms with Crippen LogP contribution in [0.4, 0.5) is 5.69 Å². The third-order valence-corrected chi connectivity index (χ3v) is 6.85. The fourth-order valence-corrected chi connectivity index (χ4v) is 5.22. The quantitative estimate of drug-likeness (QED) is 0.324. The third-order valence-electron chi connectivity index (χ3n) is 5.87. The molecule has 0 bridgehead atoms. The number of carbonyl (C=O) groups is 1. The molecule has 4 rings (SSSR count). The fraction of sp³-hybridized carbons (Fsp3) is 0.320. The van der Waals surface area contributed by atoms with Crippen molar-refractivity contribution < 1.29 is 4.79 Å². The molecule has 1 aromatic heterocycles. The van der Waals surface area contributed by atoms with Gasteiger partial charge in [0, 0.05) is 36.0 Å². The number of anilines is 1. The van der Waals surface area contributed by atoms with Gasteiger partial charge in [0.25, 0.3) is 5.56 Å². The van der Waals surface area contributed by atoms with E-state index in [0.29, 0.717) is 16.1 Å². The van der Waals surface area contributed by atoms with E-state index in [-0.39, 0.29) is 28.6 Å². The fourth-order valence-electron chi connectivity index (χ4n) is 4.27. The Hall–Kier alpha value is -2.86. The highest BCUT2D eigenvalue weighted by molar-refractivity contribution is 7.99. The number of para-hydroxylation sites is 2. The van der Waals surface area contributed by atoms with Crippen molar-refractivity contribution in [2.24, 2.45) is 0 Å². The monoisotopic (exact) mass is 433 g/mol. The lowest BCUT2D eigenvalue weighted by Crippen LogP contribution is -2.26. The summed E-state index contributed by atoms with van der Waals surface area (Å²) in [5.74, 6) is 0.229. The predicted octanol–water partition coefficient (Wildman–Crippen LogP) is 4.95. The van der Waals surface area contributed by atoms with E-state index < -0.39 is 0 Å². The zero-order valence-corrected chi connectivity index (χ0v) is 19.4. The zero-order chi connectivity index (χ0) is 22.3. The lowest BCUT2D eigenvalue weighted by molar-refractivity contribution is -0.112. The molecule has 0 radical (unpaired) electrons. The number of rotatable bonds is 5. The molecule has 3 aromatic rings.